The third-order valence-electron chi connectivity index (χ3n) is 11.2. The number of likely N-dealkylation sites (tertiary alicyclic amines) is 1. The highest BCUT2D eigenvalue weighted by molar-refractivity contribution is 7.13. The summed E-state index contributed by atoms with van der Waals surface area (Å²) in [5.74, 6) is -1.30. The van der Waals surface area contributed by atoms with E-state index in [1.807, 2.05) is 49.9 Å². The summed E-state index contributed by atoms with van der Waals surface area (Å²) in [5, 5.41) is 28.2. The number of nitrogens with zero attached hydrogens (tertiary/aromatic N) is 4. The molecule has 3 aromatic heterocycles. The van der Waals surface area contributed by atoms with Crippen LogP contribution in [0.25, 0.3) is 21.7 Å². The smallest absolute Gasteiger partial charge is 0.420 e. The summed E-state index contributed by atoms with van der Waals surface area (Å²) in [5.41, 5.74) is 0.406. The Kier molecular flexibility index (Phi) is 14.5. The Labute approximate surface area is 383 Å². The number of aromatic amines is 1. The number of halogens is 3. The Morgan fingerprint density at radius 3 is 2.46 bits per heavy atom. The molecule has 0 saturated carbocycles. The minimum atomic E-state index is -3.87. The van der Waals surface area contributed by atoms with E-state index in [1.54, 1.807) is 29.7 Å². The first-order chi connectivity index (χ1) is 30.9. The van der Waals surface area contributed by atoms with Crippen molar-refractivity contribution in [2.45, 2.75) is 83.4 Å². The van der Waals surface area contributed by atoms with Crippen LogP contribution in [0.4, 0.5) is 20.3 Å². The lowest BCUT2D eigenvalue weighted by Gasteiger charge is -2.35. The number of aliphatic hydroxyl groups is 1. The van der Waals surface area contributed by atoms with E-state index in [0.717, 1.165) is 11.1 Å². The van der Waals surface area contributed by atoms with Gasteiger partial charge in [0, 0.05) is 79.1 Å². The molecule has 0 spiro atoms. The maximum absolute atomic E-state index is 14.1. The molecular formula is C46H51ClF2N8O7S. The number of thiophene rings is 1. The maximum atomic E-state index is 14.1. The van der Waals surface area contributed by atoms with Crippen molar-refractivity contribution in [1.82, 2.24) is 30.7 Å². The number of H-pyrrole nitrogens is 1. The lowest BCUT2D eigenvalue weighted by atomic mass is 9.85. The van der Waals surface area contributed by atoms with Crippen molar-refractivity contribution in [2.24, 2.45) is 5.41 Å². The maximum Gasteiger partial charge on any atom is 0.487 e. The summed E-state index contributed by atoms with van der Waals surface area (Å²) >= 11 is 6.51. The molecule has 0 aliphatic carbocycles. The molecule has 2 fully saturated rings. The molecule has 344 valence electrons. The van der Waals surface area contributed by atoms with E-state index >= 15 is 0 Å². The fraction of sp³-hybridized carbons (Fsp3) is 0.391. The Hall–Kier alpha value is -5.95. The van der Waals surface area contributed by atoms with E-state index in [4.69, 9.17) is 16.3 Å². The van der Waals surface area contributed by atoms with Gasteiger partial charge in [0.05, 0.1) is 30.1 Å². The number of amides is 4. The number of alkyl halides is 3. The van der Waals surface area contributed by atoms with E-state index in [0.29, 0.717) is 42.3 Å². The Morgan fingerprint density at radius 1 is 1.05 bits per heavy atom. The van der Waals surface area contributed by atoms with Crippen LogP contribution in [0.2, 0.25) is 0 Å². The standard InChI is InChI=1S/C46H51ClF2N8O7S/c1-27-16-20-65-39(27)29-7-5-28(6-8-29)23-51-43(61)37-22-32(58)25-57(37)44(62)40(45(2,3)4)54-38(59)15-19-63-34-14-18-56(26-34)41-35(36-13-17-52-55-36)21-30(24-50-41)42(60)53-31-9-11-33(12-10-31)64-46(47,48)49/h5-13,16-17,20-21,24,32,34,37,40,58H,14-15,18-19,22-23,25-26H2,1-4H3,(H,51,61)(H,52,55)(H,53,60)(H,54,59)/t32-,34+,37+,40-/m1/s1. The first-order valence-corrected chi connectivity index (χ1v) is 22.4. The van der Waals surface area contributed by atoms with Gasteiger partial charge in [0.1, 0.15) is 23.7 Å². The van der Waals surface area contributed by atoms with Crippen molar-refractivity contribution in [3.05, 3.63) is 101 Å². The van der Waals surface area contributed by atoms with Crippen molar-refractivity contribution in [3.63, 3.8) is 0 Å². The van der Waals surface area contributed by atoms with E-state index < -0.39 is 46.9 Å². The number of hydrogen-bond donors (Lipinski definition) is 5. The SMILES string of the molecule is Cc1ccsc1-c1ccc(CNC(=O)[C@@H]2C[C@@H](O)CN2C(=O)[C@@H](NC(=O)CCO[C@H]2CCN(c3ncc(C(=O)Nc4ccc(OC(F)(F)Cl)cc4)cc3-c3ccn[nH]3)C2)C(C)(C)C)cc1. The van der Waals surface area contributed by atoms with Crippen LogP contribution >= 0.6 is 22.9 Å². The summed E-state index contributed by atoms with van der Waals surface area (Å²) < 4.78 is 36.5. The van der Waals surface area contributed by atoms with Gasteiger partial charge in [-0.15, -0.1) is 20.1 Å². The van der Waals surface area contributed by atoms with Crippen LogP contribution < -0.4 is 25.6 Å². The van der Waals surface area contributed by atoms with Gasteiger partial charge in [-0.2, -0.15) is 5.10 Å². The molecule has 4 amide bonds. The lowest BCUT2D eigenvalue weighted by molar-refractivity contribution is -0.144. The van der Waals surface area contributed by atoms with Crippen molar-refractivity contribution in [3.8, 4) is 27.4 Å². The van der Waals surface area contributed by atoms with E-state index in [9.17, 15) is 33.1 Å². The molecule has 7 rings (SSSR count). The number of nitrogens with one attached hydrogen (secondary N) is 4. The minimum absolute atomic E-state index is 0.0237. The molecule has 5 heterocycles. The molecule has 2 saturated heterocycles. The number of aryl methyl sites for hydroxylation is 1. The van der Waals surface area contributed by atoms with Crippen LogP contribution in [0.15, 0.2) is 84.5 Å². The number of ether oxygens (including phenoxy) is 2. The van der Waals surface area contributed by atoms with Gasteiger partial charge in [0.2, 0.25) is 17.7 Å². The molecule has 65 heavy (non-hydrogen) atoms. The number of carbonyl (C=O) groups excluding carboxylic acids is 4. The number of hydrogen-bond acceptors (Lipinski definition) is 11. The van der Waals surface area contributed by atoms with Crippen LogP contribution in [0.1, 0.15) is 61.5 Å². The normalized spacial score (nSPS) is 18.1. The van der Waals surface area contributed by atoms with Crippen LogP contribution in [0, 0.1) is 12.3 Å². The summed E-state index contributed by atoms with van der Waals surface area (Å²) in [6, 6.07) is 16.9. The first kappa shape index (κ1) is 47.0. The third kappa shape index (κ3) is 12.0. The molecule has 19 heteroatoms. The number of aliphatic hydroxyl groups excluding tert-OH is 1. The van der Waals surface area contributed by atoms with Gasteiger partial charge in [-0.05, 0) is 83.3 Å². The van der Waals surface area contributed by atoms with E-state index in [1.165, 1.54) is 45.8 Å². The number of aromatic nitrogens is 3. The first-order valence-electron chi connectivity index (χ1n) is 21.1. The number of pyridine rings is 1. The molecule has 5 N–H and O–H groups in total. The largest absolute Gasteiger partial charge is 0.487 e. The Balaban J connectivity index is 0.913. The van der Waals surface area contributed by atoms with Gasteiger partial charge in [-0.25, -0.2) is 4.98 Å². The summed E-state index contributed by atoms with van der Waals surface area (Å²) in [6.07, 6.45) is 2.57. The Bertz CT molecular complexity index is 2460. The molecule has 0 bridgehead atoms. The number of carbonyl (C=O) groups is 4. The van der Waals surface area contributed by atoms with Gasteiger partial charge in [0.25, 0.3) is 5.91 Å². The second-order valence-corrected chi connectivity index (χ2v) is 18.5. The van der Waals surface area contributed by atoms with E-state index in [-0.39, 0.29) is 55.9 Å². The quantitative estimate of drug-likeness (QED) is 0.0664. The molecular weight excluding hydrogens is 882 g/mol. The second-order valence-electron chi connectivity index (χ2n) is 17.2. The minimum Gasteiger partial charge on any atom is -0.420 e. The monoisotopic (exact) mass is 932 g/mol. The average Bonchev–Trinajstić information content (AvgIpc) is 4.10. The highest BCUT2D eigenvalue weighted by atomic mass is 35.5. The molecule has 2 aliphatic heterocycles. The van der Waals surface area contributed by atoms with Crippen molar-refractivity contribution in [1.29, 1.82) is 0 Å². The molecule has 5 aromatic rings. The summed E-state index contributed by atoms with van der Waals surface area (Å²) in [4.78, 5) is 63.5. The van der Waals surface area contributed by atoms with Gasteiger partial charge in [-0.3, -0.25) is 24.3 Å². The zero-order valence-electron chi connectivity index (χ0n) is 36.3. The van der Waals surface area contributed by atoms with Gasteiger partial charge in [0.15, 0.2) is 0 Å². The summed E-state index contributed by atoms with van der Waals surface area (Å²) in [6.45, 7) is 8.89. The zero-order chi connectivity index (χ0) is 46.5. The predicted molar refractivity (Wildman–Crippen MR) is 243 cm³/mol. The highest BCUT2D eigenvalue weighted by Gasteiger charge is 2.44. The number of rotatable bonds is 16. The lowest BCUT2D eigenvalue weighted by Crippen LogP contribution is -2.57. The zero-order valence-corrected chi connectivity index (χ0v) is 37.8. The third-order valence-corrected chi connectivity index (χ3v) is 12.4. The predicted octanol–water partition coefficient (Wildman–Crippen LogP) is 6.72. The number of β-amino-alcohol motifs (C(OH)–C–C–N with tert-alkyl or cyclic N) is 1. The van der Waals surface area contributed by atoms with Crippen molar-refractivity contribution < 1.29 is 42.5 Å². The second kappa shape index (κ2) is 20.1. The fourth-order valence-electron chi connectivity index (χ4n) is 7.86. The Morgan fingerprint density at radius 2 is 1.80 bits per heavy atom. The topological polar surface area (TPSA) is 191 Å². The molecule has 0 radical (unpaired) electrons. The number of benzene rings is 2. The fourth-order valence-corrected chi connectivity index (χ4v) is 8.88. The molecule has 15 nitrogen and oxygen atoms in total. The average molecular weight is 933 g/mol. The molecule has 2 aromatic carbocycles. The molecule has 4 atom stereocenters. The van der Waals surface area contributed by atoms with Crippen LogP contribution in [0.5, 0.6) is 5.75 Å². The van der Waals surface area contributed by atoms with Crippen LogP contribution in [-0.4, -0.2) is 105 Å². The summed E-state index contributed by atoms with van der Waals surface area (Å²) in [7, 11) is 0. The number of anilines is 2. The van der Waals surface area contributed by atoms with Crippen LogP contribution in [0.3, 0.4) is 0 Å². The van der Waals surface area contributed by atoms with Crippen LogP contribution in [-0.2, 0) is 25.7 Å². The molecule has 0 unspecified atom stereocenters. The molecule has 2 aliphatic rings. The van der Waals surface area contributed by atoms with Gasteiger partial charge in [-0.1, -0.05) is 45.0 Å². The van der Waals surface area contributed by atoms with Gasteiger partial charge < -0.3 is 40.3 Å². The van der Waals surface area contributed by atoms with Crippen molar-refractivity contribution >= 4 is 58.1 Å². The van der Waals surface area contributed by atoms with E-state index in [2.05, 4.69) is 54.2 Å². The highest BCUT2D eigenvalue weighted by Crippen LogP contribution is 2.33. The van der Waals surface area contributed by atoms with Crippen molar-refractivity contribution in [2.75, 3.05) is 36.5 Å². The van der Waals surface area contributed by atoms with Gasteiger partial charge >= 0.3 is 5.57 Å².